The van der Waals surface area contributed by atoms with Gasteiger partial charge in [0.05, 0.1) is 37.9 Å². The molecule has 0 bridgehead atoms. The highest BCUT2D eigenvalue weighted by Gasteiger charge is 2.21. The summed E-state index contributed by atoms with van der Waals surface area (Å²) >= 11 is 0. The molecule has 8 heteroatoms. The molecule has 2 amide bonds. The number of anilines is 1. The summed E-state index contributed by atoms with van der Waals surface area (Å²) in [6.45, 7) is 1.37. The van der Waals surface area contributed by atoms with Crippen LogP contribution in [0.4, 0.5) is 5.69 Å². The van der Waals surface area contributed by atoms with Crippen LogP contribution in [0.3, 0.4) is 0 Å². The van der Waals surface area contributed by atoms with Crippen LogP contribution in [-0.4, -0.2) is 37.1 Å². The van der Waals surface area contributed by atoms with Crippen molar-refractivity contribution in [2.24, 2.45) is 0 Å². The van der Waals surface area contributed by atoms with Crippen molar-refractivity contribution in [3.8, 4) is 11.5 Å². The summed E-state index contributed by atoms with van der Waals surface area (Å²) in [4.78, 5) is 35.5. The third kappa shape index (κ3) is 5.23. The molecule has 0 heterocycles. The molecule has 2 rings (SSSR count). The second-order valence-electron chi connectivity index (χ2n) is 5.98. The monoisotopic (exact) mass is 386 g/mol. The van der Waals surface area contributed by atoms with Gasteiger partial charge in [0, 0.05) is 6.92 Å². The van der Waals surface area contributed by atoms with Crippen molar-refractivity contribution in [3.63, 3.8) is 0 Å². The molecule has 0 aromatic heterocycles. The molecule has 0 radical (unpaired) electrons. The minimum absolute atomic E-state index is 0.0492. The summed E-state index contributed by atoms with van der Waals surface area (Å²) in [6.07, 6.45) is -0.0492. The topological polar surface area (TPSA) is 114 Å². The fourth-order valence-corrected chi connectivity index (χ4v) is 2.75. The average molecular weight is 386 g/mol. The molecule has 2 aromatic rings. The molecule has 2 aromatic carbocycles. The molecule has 0 aliphatic heterocycles. The van der Waals surface area contributed by atoms with Crippen LogP contribution in [0.5, 0.6) is 11.5 Å². The molecule has 3 N–H and O–H groups in total. The van der Waals surface area contributed by atoms with Crippen LogP contribution >= 0.6 is 0 Å². The summed E-state index contributed by atoms with van der Waals surface area (Å²) in [5.41, 5.74) is 0.880. The maximum Gasteiger partial charge on any atom is 0.335 e. The number of hydrogen-bond acceptors (Lipinski definition) is 5. The number of carboxylic acid groups (broad SMARTS) is 1. The molecule has 0 saturated heterocycles. The van der Waals surface area contributed by atoms with Gasteiger partial charge in [-0.05, 0) is 17.7 Å². The van der Waals surface area contributed by atoms with Gasteiger partial charge < -0.3 is 25.2 Å². The first-order chi connectivity index (χ1) is 13.3. The van der Waals surface area contributed by atoms with Crippen molar-refractivity contribution in [1.82, 2.24) is 5.32 Å². The third-order valence-corrected chi connectivity index (χ3v) is 3.97. The number of carboxylic acids is 1. The predicted octanol–water partition coefficient (Wildman–Crippen LogP) is 2.61. The molecule has 0 fully saturated rings. The number of carbonyl (C=O) groups is 3. The number of aromatic carboxylic acids is 1. The molecule has 28 heavy (non-hydrogen) atoms. The van der Waals surface area contributed by atoms with E-state index < -0.39 is 17.9 Å². The fourth-order valence-electron chi connectivity index (χ4n) is 2.75. The van der Waals surface area contributed by atoms with Crippen LogP contribution in [0.15, 0.2) is 42.5 Å². The average Bonchev–Trinajstić information content (AvgIpc) is 2.67. The van der Waals surface area contributed by atoms with Gasteiger partial charge >= 0.3 is 5.97 Å². The zero-order valence-electron chi connectivity index (χ0n) is 15.8. The number of carbonyl (C=O) groups excluding carboxylic acids is 2. The predicted molar refractivity (Wildman–Crippen MR) is 103 cm³/mol. The van der Waals surface area contributed by atoms with Crippen molar-refractivity contribution < 1.29 is 29.0 Å². The second kappa shape index (κ2) is 9.40. The molecular weight excluding hydrogens is 364 g/mol. The van der Waals surface area contributed by atoms with Crippen LogP contribution in [0.25, 0.3) is 0 Å². The Morgan fingerprint density at radius 2 is 1.75 bits per heavy atom. The number of ether oxygens (including phenoxy) is 2. The van der Waals surface area contributed by atoms with E-state index in [2.05, 4.69) is 10.6 Å². The lowest BCUT2D eigenvalue weighted by molar-refractivity contribution is -0.120. The molecule has 0 spiro atoms. The van der Waals surface area contributed by atoms with Crippen molar-refractivity contribution >= 4 is 23.5 Å². The maximum atomic E-state index is 12.6. The number of hydrogen-bond donors (Lipinski definition) is 3. The Labute approximate surface area is 162 Å². The molecule has 0 aliphatic carbocycles. The lowest BCUT2D eigenvalue weighted by Gasteiger charge is -2.19. The van der Waals surface area contributed by atoms with E-state index in [0.717, 1.165) is 5.56 Å². The van der Waals surface area contributed by atoms with Crippen LogP contribution in [0.2, 0.25) is 0 Å². The van der Waals surface area contributed by atoms with E-state index in [1.165, 1.54) is 33.3 Å². The summed E-state index contributed by atoms with van der Waals surface area (Å²) in [5.74, 6) is -1.48. The Morgan fingerprint density at radius 1 is 1.07 bits per heavy atom. The summed E-state index contributed by atoms with van der Waals surface area (Å²) in [6, 6.07) is 11.1. The molecule has 1 unspecified atom stereocenters. The number of methoxy groups -OCH3 is 2. The Bertz CT molecular complexity index is 866. The lowest BCUT2D eigenvalue weighted by atomic mass is 10.0. The van der Waals surface area contributed by atoms with E-state index in [1.807, 2.05) is 30.3 Å². The maximum absolute atomic E-state index is 12.6. The zero-order valence-corrected chi connectivity index (χ0v) is 15.8. The van der Waals surface area contributed by atoms with Gasteiger partial charge in [-0.2, -0.15) is 0 Å². The van der Waals surface area contributed by atoms with Gasteiger partial charge in [0.2, 0.25) is 11.8 Å². The Kier molecular flexibility index (Phi) is 6.97. The van der Waals surface area contributed by atoms with E-state index in [-0.39, 0.29) is 35.1 Å². The van der Waals surface area contributed by atoms with Gasteiger partial charge in [0.1, 0.15) is 0 Å². The molecule has 0 aliphatic rings. The third-order valence-electron chi connectivity index (χ3n) is 3.97. The molecule has 148 valence electrons. The van der Waals surface area contributed by atoms with Crippen molar-refractivity contribution in [2.75, 3.05) is 19.5 Å². The van der Waals surface area contributed by atoms with Crippen LogP contribution in [-0.2, 0) is 9.59 Å². The van der Waals surface area contributed by atoms with Crippen molar-refractivity contribution in [1.29, 1.82) is 0 Å². The number of rotatable bonds is 8. The van der Waals surface area contributed by atoms with Crippen LogP contribution in [0, 0.1) is 0 Å². The van der Waals surface area contributed by atoms with Crippen LogP contribution < -0.4 is 20.1 Å². The Morgan fingerprint density at radius 3 is 2.29 bits per heavy atom. The fraction of sp³-hybridized carbons (Fsp3) is 0.250. The largest absolute Gasteiger partial charge is 0.493 e. The van der Waals surface area contributed by atoms with Crippen molar-refractivity contribution in [2.45, 2.75) is 19.4 Å². The number of nitrogens with one attached hydrogen (secondary N) is 2. The second-order valence-corrected chi connectivity index (χ2v) is 5.98. The molecule has 0 saturated carbocycles. The van der Waals surface area contributed by atoms with E-state index in [9.17, 15) is 19.5 Å². The molecular formula is C20H22N2O6. The summed E-state index contributed by atoms with van der Waals surface area (Å²) < 4.78 is 10.4. The minimum Gasteiger partial charge on any atom is -0.493 e. The first-order valence-electron chi connectivity index (χ1n) is 8.47. The number of benzene rings is 2. The summed E-state index contributed by atoms with van der Waals surface area (Å²) in [5, 5.41) is 14.7. The Hall–Kier alpha value is -3.55. The van der Waals surface area contributed by atoms with Gasteiger partial charge in [0.15, 0.2) is 11.5 Å². The standard InChI is InChI=1S/C20H22N2O6/c1-12(23)21-15(13-7-5-4-6-8-13)11-18(24)22-16-9-14(20(25)26)10-17(27-2)19(16)28-3/h4-10,15H,11H2,1-3H3,(H,21,23)(H,22,24)(H,25,26). The lowest BCUT2D eigenvalue weighted by Crippen LogP contribution is -2.29. The highest BCUT2D eigenvalue weighted by Crippen LogP contribution is 2.37. The van der Waals surface area contributed by atoms with Gasteiger partial charge in [-0.3, -0.25) is 9.59 Å². The van der Waals surface area contributed by atoms with E-state index >= 15 is 0 Å². The Balaban J connectivity index is 2.28. The quantitative estimate of drug-likeness (QED) is 0.643. The summed E-state index contributed by atoms with van der Waals surface area (Å²) in [7, 11) is 2.76. The van der Waals surface area contributed by atoms with Gasteiger partial charge in [0.25, 0.3) is 0 Å². The van der Waals surface area contributed by atoms with E-state index in [1.54, 1.807) is 0 Å². The normalized spacial score (nSPS) is 11.2. The van der Waals surface area contributed by atoms with Crippen LogP contribution in [0.1, 0.15) is 35.3 Å². The smallest absolute Gasteiger partial charge is 0.335 e. The molecule has 8 nitrogen and oxygen atoms in total. The van der Waals surface area contributed by atoms with Gasteiger partial charge in [-0.15, -0.1) is 0 Å². The van der Waals surface area contributed by atoms with E-state index in [0.29, 0.717) is 0 Å². The first kappa shape index (κ1) is 20.8. The number of amides is 2. The molecule has 1 atom stereocenters. The zero-order chi connectivity index (χ0) is 20.7. The highest BCUT2D eigenvalue weighted by atomic mass is 16.5. The van der Waals surface area contributed by atoms with Gasteiger partial charge in [-0.25, -0.2) is 4.79 Å². The highest BCUT2D eigenvalue weighted by molar-refractivity contribution is 5.97. The first-order valence-corrected chi connectivity index (χ1v) is 8.47. The van der Waals surface area contributed by atoms with E-state index in [4.69, 9.17) is 9.47 Å². The van der Waals surface area contributed by atoms with Crippen molar-refractivity contribution in [3.05, 3.63) is 53.6 Å². The SMILES string of the molecule is COc1cc(C(=O)O)cc(NC(=O)CC(NC(C)=O)c2ccccc2)c1OC. The van der Waals surface area contributed by atoms with Gasteiger partial charge in [-0.1, -0.05) is 30.3 Å². The minimum atomic E-state index is -1.17.